The zero-order valence-corrected chi connectivity index (χ0v) is 14.8. The fraction of sp³-hybridized carbons (Fsp3) is 1.00. The van der Waals surface area contributed by atoms with E-state index < -0.39 is 8.07 Å². The van der Waals surface area contributed by atoms with Gasteiger partial charge in [-0.25, -0.2) is 0 Å². The van der Waals surface area contributed by atoms with Crippen LogP contribution < -0.4 is 0 Å². The van der Waals surface area contributed by atoms with Gasteiger partial charge in [-0.3, -0.25) is 0 Å². The Bertz CT molecular complexity index is 253. The van der Waals surface area contributed by atoms with Crippen molar-refractivity contribution in [1.29, 1.82) is 0 Å². The smallest absolute Gasteiger partial charge is 0.0836 e. The Balaban J connectivity index is 3.04. The van der Waals surface area contributed by atoms with Crippen LogP contribution in [-0.4, -0.2) is 34.5 Å². The largest absolute Gasteiger partial charge is 0.393 e. The van der Waals surface area contributed by atoms with Crippen molar-refractivity contribution >= 4 is 31.6 Å². The molecule has 1 rings (SSSR count). The van der Waals surface area contributed by atoms with E-state index in [2.05, 4.69) is 57.4 Å². The summed E-state index contributed by atoms with van der Waals surface area (Å²) in [5.41, 5.74) is 0. The van der Waals surface area contributed by atoms with Gasteiger partial charge >= 0.3 is 0 Å². The Morgan fingerprint density at radius 2 is 1.71 bits per heavy atom. The van der Waals surface area contributed by atoms with E-state index in [-0.39, 0.29) is 6.10 Å². The van der Waals surface area contributed by atoms with Crippen LogP contribution in [0.15, 0.2) is 0 Å². The molecule has 17 heavy (non-hydrogen) atoms. The van der Waals surface area contributed by atoms with Crippen molar-refractivity contribution in [3.8, 4) is 0 Å². The van der Waals surface area contributed by atoms with E-state index in [1.165, 1.54) is 17.9 Å². The molecule has 1 fully saturated rings. The highest BCUT2D eigenvalue weighted by Crippen LogP contribution is 2.58. The number of thioether (sulfide) groups is 2. The first-order chi connectivity index (χ1) is 7.62. The van der Waals surface area contributed by atoms with Crippen LogP contribution in [0.5, 0.6) is 0 Å². The first-order valence-corrected chi connectivity index (χ1v) is 11.6. The van der Waals surface area contributed by atoms with Crippen molar-refractivity contribution in [3.05, 3.63) is 0 Å². The molecule has 1 nitrogen and oxygen atoms in total. The van der Waals surface area contributed by atoms with E-state index >= 15 is 0 Å². The summed E-state index contributed by atoms with van der Waals surface area (Å²) in [7, 11) is -1.45. The van der Waals surface area contributed by atoms with Crippen molar-refractivity contribution in [2.24, 2.45) is 0 Å². The van der Waals surface area contributed by atoms with Crippen LogP contribution in [0.25, 0.3) is 0 Å². The second-order valence-electron chi connectivity index (χ2n) is 6.73. The quantitative estimate of drug-likeness (QED) is 0.780. The summed E-state index contributed by atoms with van der Waals surface area (Å²) in [6, 6.07) is 0. The van der Waals surface area contributed by atoms with E-state index in [0.29, 0.717) is 8.74 Å². The molecule has 0 radical (unpaired) electrons. The molecule has 0 unspecified atom stereocenters. The Hall–Kier alpha value is 0.877. The van der Waals surface area contributed by atoms with Gasteiger partial charge in [0.05, 0.1) is 17.9 Å². The first kappa shape index (κ1) is 15.9. The average molecular weight is 293 g/mol. The maximum Gasteiger partial charge on any atom is 0.0836 e. The summed E-state index contributed by atoms with van der Waals surface area (Å²) >= 11 is 4.27. The highest BCUT2D eigenvalue weighted by atomic mass is 32.2. The van der Waals surface area contributed by atoms with Gasteiger partial charge in [-0.15, -0.1) is 23.5 Å². The third-order valence-electron chi connectivity index (χ3n) is 4.35. The van der Waals surface area contributed by atoms with Gasteiger partial charge in [0.2, 0.25) is 0 Å². The second-order valence-corrected chi connectivity index (χ2v) is 16.1. The number of hydrogen-bond acceptors (Lipinski definition) is 3. The van der Waals surface area contributed by atoms with Gasteiger partial charge in [-0.05, 0) is 36.3 Å². The molecule has 0 amide bonds. The van der Waals surface area contributed by atoms with Gasteiger partial charge in [0.1, 0.15) is 0 Å². The van der Waals surface area contributed by atoms with Gasteiger partial charge in [-0.2, -0.15) is 0 Å². The maximum atomic E-state index is 9.89. The van der Waals surface area contributed by atoms with E-state index in [1.54, 1.807) is 0 Å². The lowest BCUT2D eigenvalue weighted by atomic mass is 10.2. The fourth-order valence-electron chi connectivity index (χ4n) is 2.27. The fourth-order valence-corrected chi connectivity index (χ4v) is 12.5. The molecule has 1 N–H and O–H groups in total. The lowest BCUT2D eigenvalue weighted by Crippen LogP contribution is -2.58. The Morgan fingerprint density at radius 3 is 2.06 bits per heavy atom. The summed E-state index contributed by atoms with van der Waals surface area (Å²) in [4.78, 5) is 0. The molecule has 0 aromatic heterocycles. The number of aliphatic hydroxyl groups is 1. The van der Waals surface area contributed by atoms with Crippen molar-refractivity contribution in [2.45, 2.75) is 68.5 Å². The number of hydrogen-bond donors (Lipinski definition) is 1. The normalized spacial score (nSPS) is 23.5. The maximum absolute atomic E-state index is 9.89. The molecule has 0 saturated carbocycles. The van der Waals surface area contributed by atoms with Crippen molar-refractivity contribution in [3.63, 3.8) is 0 Å². The molecule has 0 aliphatic carbocycles. The molecular weight excluding hydrogens is 264 g/mol. The summed E-state index contributed by atoms with van der Waals surface area (Å²) in [6.45, 7) is 14.1. The summed E-state index contributed by atoms with van der Waals surface area (Å²) < 4.78 is 0.303. The van der Waals surface area contributed by atoms with Crippen LogP contribution in [0.4, 0.5) is 0 Å². The monoisotopic (exact) mass is 292 g/mol. The number of rotatable bonds is 3. The number of aliphatic hydroxyl groups excluding tert-OH is 1. The highest BCUT2D eigenvalue weighted by Gasteiger charge is 2.54. The summed E-state index contributed by atoms with van der Waals surface area (Å²) in [5.74, 6) is 2.54. The molecule has 1 atom stereocenters. The van der Waals surface area contributed by atoms with Gasteiger partial charge < -0.3 is 5.11 Å². The van der Waals surface area contributed by atoms with Gasteiger partial charge in [-0.1, -0.05) is 33.9 Å². The standard InChI is InChI=1S/C13H28OS2Si/c1-11(14)10-13(15-8-7-9-16-13)17(5,6)12(2,3)4/h11,14H,7-10H2,1-6H3/t11-/m0/s1. The predicted octanol–water partition coefficient (Wildman–Crippen LogP) is 4.37. The second kappa shape index (κ2) is 5.47. The molecule has 1 aliphatic heterocycles. The Labute approximate surface area is 117 Å². The zero-order valence-electron chi connectivity index (χ0n) is 12.2. The summed E-state index contributed by atoms with van der Waals surface area (Å²) in [6.07, 6.45) is 2.10. The van der Waals surface area contributed by atoms with Crippen LogP contribution in [0.3, 0.4) is 0 Å². The van der Waals surface area contributed by atoms with E-state index in [9.17, 15) is 5.11 Å². The minimum absolute atomic E-state index is 0.178. The molecular formula is C13H28OS2Si. The topological polar surface area (TPSA) is 20.2 Å². The van der Waals surface area contributed by atoms with Crippen LogP contribution in [0.1, 0.15) is 40.5 Å². The van der Waals surface area contributed by atoms with Crippen LogP contribution in [0, 0.1) is 0 Å². The molecule has 1 heterocycles. The SMILES string of the molecule is C[C@H](O)CC1([Si](C)(C)C(C)(C)C)SCCCS1. The average Bonchev–Trinajstić information content (AvgIpc) is 2.16. The molecule has 1 aliphatic rings. The first-order valence-electron chi connectivity index (χ1n) is 6.58. The molecule has 0 aromatic carbocycles. The Kier molecular flexibility index (Phi) is 5.13. The third kappa shape index (κ3) is 3.25. The summed E-state index contributed by atoms with van der Waals surface area (Å²) in [5, 5.41) is 10.3. The lowest BCUT2D eigenvalue weighted by molar-refractivity contribution is 0.186. The molecule has 102 valence electrons. The highest BCUT2D eigenvalue weighted by molar-refractivity contribution is 8.21. The minimum Gasteiger partial charge on any atom is -0.393 e. The van der Waals surface area contributed by atoms with Gasteiger partial charge in [0, 0.05) is 0 Å². The minimum atomic E-state index is -1.45. The van der Waals surface area contributed by atoms with Crippen molar-refractivity contribution in [2.75, 3.05) is 11.5 Å². The van der Waals surface area contributed by atoms with Gasteiger partial charge in [0.25, 0.3) is 0 Å². The third-order valence-corrected chi connectivity index (χ3v) is 17.1. The molecule has 4 heteroatoms. The van der Waals surface area contributed by atoms with E-state index in [4.69, 9.17) is 0 Å². The van der Waals surface area contributed by atoms with Gasteiger partial charge in [0.15, 0.2) is 0 Å². The molecule has 1 saturated heterocycles. The van der Waals surface area contributed by atoms with Crippen LogP contribution >= 0.6 is 23.5 Å². The molecule has 0 aromatic rings. The lowest BCUT2D eigenvalue weighted by Gasteiger charge is -2.53. The van der Waals surface area contributed by atoms with Crippen molar-refractivity contribution in [1.82, 2.24) is 0 Å². The van der Waals surface area contributed by atoms with E-state index in [0.717, 1.165) is 6.42 Å². The van der Waals surface area contributed by atoms with E-state index in [1.807, 2.05) is 6.92 Å². The molecule has 0 spiro atoms. The van der Waals surface area contributed by atoms with Crippen molar-refractivity contribution < 1.29 is 5.11 Å². The Morgan fingerprint density at radius 1 is 1.24 bits per heavy atom. The van der Waals surface area contributed by atoms with Crippen LogP contribution in [0.2, 0.25) is 18.1 Å². The molecule has 0 bridgehead atoms. The van der Waals surface area contributed by atoms with Crippen LogP contribution in [-0.2, 0) is 0 Å². The zero-order chi connectivity index (χ0) is 13.3. The predicted molar refractivity (Wildman–Crippen MR) is 85.8 cm³/mol.